The minimum atomic E-state index is -0.377. The van der Waals surface area contributed by atoms with Gasteiger partial charge in [-0.2, -0.15) is 0 Å². The predicted molar refractivity (Wildman–Crippen MR) is 114 cm³/mol. The Hall–Kier alpha value is -3.05. The number of furan rings is 1. The van der Waals surface area contributed by atoms with Gasteiger partial charge in [0, 0.05) is 11.6 Å². The molecule has 0 saturated heterocycles. The highest BCUT2D eigenvalue weighted by Gasteiger charge is 2.30. The topological polar surface area (TPSA) is 98.7 Å². The molecule has 1 aliphatic rings. The number of aromatic nitrogens is 5. The van der Waals surface area contributed by atoms with E-state index in [4.69, 9.17) is 4.42 Å². The summed E-state index contributed by atoms with van der Waals surface area (Å²) in [7, 11) is 0. The summed E-state index contributed by atoms with van der Waals surface area (Å²) >= 11 is 2.72. The van der Waals surface area contributed by atoms with Crippen LogP contribution in [0.4, 0.5) is 10.1 Å². The van der Waals surface area contributed by atoms with Crippen LogP contribution in [-0.2, 0) is 12.3 Å². The molecule has 1 N–H and O–H groups in total. The number of benzene rings is 1. The number of carbonyl (C=O) groups excluding carboxylic acids is 1. The number of hydrogen-bond donors (Lipinski definition) is 1. The van der Waals surface area contributed by atoms with Gasteiger partial charge in [0.25, 0.3) is 5.91 Å². The largest absolute Gasteiger partial charge is 0.467 e. The van der Waals surface area contributed by atoms with Gasteiger partial charge >= 0.3 is 0 Å². The smallest absolute Gasteiger partial charge is 0.286 e. The average Bonchev–Trinajstić information content (AvgIpc) is 3.16. The van der Waals surface area contributed by atoms with Crippen molar-refractivity contribution >= 4 is 34.7 Å². The lowest BCUT2D eigenvalue weighted by Gasteiger charge is -2.07. The third-order valence-electron chi connectivity index (χ3n) is 4.67. The van der Waals surface area contributed by atoms with E-state index < -0.39 is 0 Å². The Morgan fingerprint density at radius 2 is 2.03 bits per heavy atom. The van der Waals surface area contributed by atoms with Crippen molar-refractivity contribution in [3.05, 3.63) is 70.1 Å². The first-order chi connectivity index (χ1) is 15.2. The van der Waals surface area contributed by atoms with Crippen LogP contribution in [0, 0.1) is 5.82 Å². The maximum Gasteiger partial charge on any atom is 0.286 e. The lowest BCUT2D eigenvalue weighted by molar-refractivity contribution is 0.102. The number of hydrogen-bond acceptors (Lipinski definition) is 8. The highest BCUT2D eigenvalue weighted by molar-refractivity contribution is 7.98. The molecule has 0 atom stereocenters. The Morgan fingerprint density at radius 3 is 2.77 bits per heavy atom. The Balaban J connectivity index is 1.25. The molecule has 8 nitrogen and oxygen atoms in total. The van der Waals surface area contributed by atoms with E-state index in [-0.39, 0.29) is 16.7 Å². The molecule has 1 amide bonds. The third-order valence-corrected chi connectivity index (χ3v) is 6.75. The van der Waals surface area contributed by atoms with Crippen LogP contribution in [0.1, 0.15) is 45.2 Å². The van der Waals surface area contributed by atoms with Crippen LogP contribution >= 0.6 is 23.1 Å². The van der Waals surface area contributed by atoms with Gasteiger partial charge in [0.05, 0.1) is 18.6 Å². The molecule has 31 heavy (non-hydrogen) atoms. The summed E-state index contributed by atoms with van der Waals surface area (Å²) in [6, 6.07) is 9.35. The van der Waals surface area contributed by atoms with E-state index in [1.807, 2.05) is 12.1 Å². The number of carbonyl (C=O) groups is 1. The van der Waals surface area contributed by atoms with Gasteiger partial charge in [0.1, 0.15) is 22.4 Å². The van der Waals surface area contributed by atoms with Crippen molar-refractivity contribution in [3.63, 3.8) is 0 Å². The van der Waals surface area contributed by atoms with E-state index in [2.05, 4.69) is 30.3 Å². The SMILES string of the molecule is O=C(Nc1ccc(F)cc1)c1nnc(CSc2nnc(C3CC3)n2Cc2ccco2)s1. The molecule has 3 heterocycles. The van der Waals surface area contributed by atoms with Gasteiger partial charge in [0.2, 0.25) is 5.01 Å². The van der Waals surface area contributed by atoms with Crippen molar-refractivity contribution in [1.82, 2.24) is 25.0 Å². The zero-order valence-electron chi connectivity index (χ0n) is 16.2. The predicted octanol–water partition coefficient (Wildman–Crippen LogP) is 4.33. The van der Waals surface area contributed by atoms with E-state index in [0.29, 0.717) is 28.9 Å². The summed E-state index contributed by atoms with van der Waals surface area (Å²) in [5, 5.41) is 21.3. The maximum absolute atomic E-state index is 13.0. The molecule has 11 heteroatoms. The van der Waals surface area contributed by atoms with Crippen molar-refractivity contribution in [3.8, 4) is 0 Å². The molecule has 1 fully saturated rings. The Kier molecular flexibility index (Phi) is 5.51. The Bertz CT molecular complexity index is 1180. The van der Waals surface area contributed by atoms with Crippen molar-refractivity contribution in [2.24, 2.45) is 0 Å². The Morgan fingerprint density at radius 1 is 1.19 bits per heavy atom. The fraction of sp³-hybridized carbons (Fsp3) is 0.250. The van der Waals surface area contributed by atoms with Gasteiger partial charge in [-0.05, 0) is 49.2 Å². The van der Waals surface area contributed by atoms with E-state index in [0.717, 1.165) is 29.6 Å². The van der Waals surface area contributed by atoms with Gasteiger partial charge in [-0.3, -0.25) is 9.36 Å². The fourth-order valence-corrected chi connectivity index (χ4v) is 4.67. The molecular weight excluding hydrogens is 439 g/mol. The molecule has 0 radical (unpaired) electrons. The van der Waals surface area contributed by atoms with E-state index in [1.165, 1.54) is 47.4 Å². The quantitative estimate of drug-likeness (QED) is 0.394. The highest BCUT2D eigenvalue weighted by atomic mass is 32.2. The van der Waals surface area contributed by atoms with Crippen molar-refractivity contribution in [2.45, 2.75) is 36.2 Å². The van der Waals surface area contributed by atoms with E-state index in [1.54, 1.807) is 6.26 Å². The van der Waals surface area contributed by atoms with Crippen LogP contribution in [0.15, 0.2) is 52.2 Å². The molecule has 0 bridgehead atoms. The van der Waals surface area contributed by atoms with Crippen molar-refractivity contribution in [1.29, 1.82) is 0 Å². The number of amides is 1. The average molecular weight is 457 g/mol. The lowest BCUT2D eigenvalue weighted by atomic mass is 10.3. The van der Waals surface area contributed by atoms with Crippen LogP contribution < -0.4 is 5.32 Å². The molecule has 0 spiro atoms. The number of anilines is 1. The summed E-state index contributed by atoms with van der Waals surface area (Å²) in [5.74, 6) is 2.06. The minimum absolute atomic E-state index is 0.246. The second-order valence-electron chi connectivity index (χ2n) is 7.03. The maximum atomic E-state index is 13.0. The van der Waals surface area contributed by atoms with Gasteiger partial charge in [-0.15, -0.1) is 20.4 Å². The normalized spacial score (nSPS) is 13.5. The summed E-state index contributed by atoms with van der Waals surface area (Å²) in [4.78, 5) is 12.4. The summed E-state index contributed by atoms with van der Waals surface area (Å²) < 4.78 is 20.6. The number of thioether (sulfide) groups is 1. The number of nitrogens with one attached hydrogen (secondary N) is 1. The summed E-state index contributed by atoms with van der Waals surface area (Å²) in [6.07, 6.45) is 3.91. The van der Waals surface area contributed by atoms with Crippen LogP contribution in [0.25, 0.3) is 0 Å². The fourth-order valence-electron chi connectivity index (χ4n) is 3.01. The van der Waals surface area contributed by atoms with Gasteiger partial charge in [-0.1, -0.05) is 23.1 Å². The van der Waals surface area contributed by atoms with Crippen molar-refractivity contribution in [2.75, 3.05) is 5.32 Å². The van der Waals surface area contributed by atoms with Crippen LogP contribution in [0.5, 0.6) is 0 Å². The minimum Gasteiger partial charge on any atom is -0.467 e. The molecule has 0 aliphatic heterocycles. The third kappa shape index (κ3) is 4.67. The molecule has 3 aromatic heterocycles. The first-order valence-electron chi connectivity index (χ1n) is 9.63. The molecule has 5 rings (SSSR count). The van der Waals surface area contributed by atoms with Crippen LogP contribution in [-0.4, -0.2) is 30.9 Å². The van der Waals surface area contributed by atoms with Crippen LogP contribution in [0.3, 0.4) is 0 Å². The molecule has 1 aromatic carbocycles. The zero-order valence-corrected chi connectivity index (χ0v) is 17.8. The zero-order chi connectivity index (χ0) is 21.2. The Labute approximate surface area is 184 Å². The summed E-state index contributed by atoms with van der Waals surface area (Å²) in [6.45, 7) is 0.579. The second-order valence-corrected chi connectivity index (χ2v) is 9.04. The number of halogens is 1. The molecular formula is C20H17FN6O2S2. The van der Waals surface area contributed by atoms with Gasteiger partial charge in [-0.25, -0.2) is 4.39 Å². The molecule has 158 valence electrons. The number of rotatable bonds is 8. The highest BCUT2D eigenvalue weighted by Crippen LogP contribution is 2.40. The molecule has 1 saturated carbocycles. The first kappa shape index (κ1) is 19.9. The second kappa shape index (κ2) is 8.60. The van der Waals surface area contributed by atoms with E-state index in [9.17, 15) is 9.18 Å². The van der Waals surface area contributed by atoms with Gasteiger partial charge < -0.3 is 9.73 Å². The van der Waals surface area contributed by atoms with E-state index >= 15 is 0 Å². The van der Waals surface area contributed by atoms with Crippen LogP contribution in [0.2, 0.25) is 0 Å². The molecule has 4 aromatic rings. The molecule has 0 unspecified atom stereocenters. The van der Waals surface area contributed by atoms with Crippen molar-refractivity contribution < 1.29 is 13.6 Å². The first-order valence-corrected chi connectivity index (χ1v) is 11.4. The monoisotopic (exact) mass is 456 g/mol. The standard InChI is InChI=1S/C20H17FN6O2S2/c21-13-5-7-14(8-6-13)22-18(28)19-25-23-16(31-19)11-30-20-26-24-17(12-3-4-12)27(20)10-15-2-1-9-29-15/h1-2,5-9,12H,3-4,10-11H2,(H,22,28). The lowest BCUT2D eigenvalue weighted by Crippen LogP contribution is -2.11. The van der Waals surface area contributed by atoms with Gasteiger partial charge in [0.15, 0.2) is 5.16 Å². The molecule has 1 aliphatic carbocycles. The summed E-state index contributed by atoms with van der Waals surface area (Å²) in [5.41, 5.74) is 0.496. The number of nitrogens with zero attached hydrogens (tertiary/aromatic N) is 5.